The van der Waals surface area contributed by atoms with E-state index < -0.39 is 0 Å². The Balaban J connectivity index is 1.54. The van der Waals surface area contributed by atoms with Crippen LogP contribution in [0.15, 0.2) is 18.2 Å². The predicted octanol–water partition coefficient (Wildman–Crippen LogP) is 1.14. The quantitative estimate of drug-likeness (QED) is 0.794. The highest BCUT2D eigenvalue weighted by atomic mass is 16.6. The zero-order valence-electron chi connectivity index (χ0n) is 15.3. The van der Waals surface area contributed by atoms with E-state index in [0.29, 0.717) is 68.6 Å². The second kappa shape index (κ2) is 6.83. The molecule has 9 nitrogen and oxygen atoms in total. The first kappa shape index (κ1) is 17.1. The van der Waals surface area contributed by atoms with Gasteiger partial charge in [0.15, 0.2) is 11.5 Å². The van der Waals surface area contributed by atoms with Crippen LogP contribution in [0.4, 0.5) is 17.6 Å². The summed E-state index contributed by atoms with van der Waals surface area (Å²) in [5, 5.41) is 2.86. The molecule has 1 aromatic carbocycles. The van der Waals surface area contributed by atoms with Gasteiger partial charge in [0, 0.05) is 31.0 Å². The van der Waals surface area contributed by atoms with Crippen LogP contribution in [0.2, 0.25) is 0 Å². The van der Waals surface area contributed by atoms with E-state index in [1.807, 2.05) is 23.1 Å². The third kappa shape index (κ3) is 2.97. The molecule has 1 saturated heterocycles. The number of fused-ring (bicyclic) bond motifs is 2. The van der Waals surface area contributed by atoms with Crippen molar-refractivity contribution in [2.24, 2.45) is 0 Å². The predicted molar refractivity (Wildman–Crippen MR) is 102 cm³/mol. The van der Waals surface area contributed by atoms with E-state index in [1.165, 1.54) is 0 Å². The molecule has 1 unspecified atom stereocenters. The largest absolute Gasteiger partial charge is 0.486 e. The van der Waals surface area contributed by atoms with Gasteiger partial charge in [-0.1, -0.05) is 6.07 Å². The molecule has 1 amide bonds. The van der Waals surface area contributed by atoms with Crippen LogP contribution in [-0.2, 0) is 9.53 Å². The molecule has 9 heteroatoms. The van der Waals surface area contributed by atoms with Crippen molar-refractivity contribution in [3.63, 3.8) is 0 Å². The first-order chi connectivity index (χ1) is 13.7. The van der Waals surface area contributed by atoms with Gasteiger partial charge in [0.25, 0.3) is 0 Å². The molecule has 146 valence electrons. The minimum absolute atomic E-state index is 0.0987. The molecular formula is C19H21N5O4. The van der Waals surface area contributed by atoms with E-state index in [1.54, 1.807) is 0 Å². The summed E-state index contributed by atoms with van der Waals surface area (Å²) >= 11 is 0. The van der Waals surface area contributed by atoms with Crippen LogP contribution in [0.25, 0.3) is 0 Å². The van der Waals surface area contributed by atoms with Gasteiger partial charge in [-0.3, -0.25) is 4.79 Å². The third-order valence-corrected chi connectivity index (χ3v) is 5.22. The summed E-state index contributed by atoms with van der Waals surface area (Å²) < 4.78 is 16.7. The molecule has 0 saturated carbocycles. The molecular weight excluding hydrogens is 362 g/mol. The SMILES string of the molecule is Nc1nc(N2CCOCC2)nc2c1C(c1ccc3c(c1)OCCO3)CC(=O)N2. The highest BCUT2D eigenvalue weighted by molar-refractivity contribution is 5.95. The normalized spacial score (nSPS) is 21.1. The summed E-state index contributed by atoms with van der Waals surface area (Å²) in [7, 11) is 0. The van der Waals surface area contributed by atoms with Gasteiger partial charge in [-0.05, 0) is 17.7 Å². The number of hydrogen-bond donors (Lipinski definition) is 2. The number of nitrogens with one attached hydrogen (secondary N) is 1. The number of morpholine rings is 1. The number of anilines is 3. The maximum absolute atomic E-state index is 12.4. The molecule has 2 aromatic rings. The van der Waals surface area contributed by atoms with Crippen molar-refractivity contribution in [3.05, 3.63) is 29.3 Å². The van der Waals surface area contributed by atoms with Gasteiger partial charge in [0.05, 0.1) is 13.2 Å². The summed E-state index contributed by atoms with van der Waals surface area (Å²) in [6, 6.07) is 5.72. The summed E-state index contributed by atoms with van der Waals surface area (Å²) in [5.41, 5.74) is 8.01. The Kier molecular flexibility index (Phi) is 4.16. The summed E-state index contributed by atoms with van der Waals surface area (Å²) in [6.45, 7) is 3.66. The Hall–Kier alpha value is -3.07. The van der Waals surface area contributed by atoms with Crippen LogP contribution < -0.4 is 25.4 Å². The minimum atomic E-state index is -0.238. The van der Waals surface area contributed by atoms with Gasteiger partial charge in [-0.15, -0.1) is 0 Å². The number of hydrogen-bond acceptors (Lipinski definition) is 8. The van der Waals surface area contributed by atoms with Crippen LogP contribution >= 0.6 is 0 Å². The summed E-state index contributed by atoms with van der Waals surface area (Å²) in [4.78, 5) is 23.5. The van der Waals surface area contributed by atoms with Crippen LogP contribution in [-0.4, -0.2) is 55.4 Å². The Morgan fingerprint density at radius 1 is 1.07 bits per heavy atom. The first-order valence-corrected chi connectivity index (χ1v) is 9.38. The van der Waals surface area contributed by atoms with Gasteiger partial charge < -0.3 is 30.2 Å². The number of aromatic nitrogens is 2. The lowest BCUT2D eigenvalue weighted by Gasteiger charge is -2.31. The number of ether oxygens (including phenoxy) is 3. The fraction of sp³-hybridized carbons (Fsp3) is 0.421. The standard InChI is InChI=1S/C19H21N5O4/c20-17-16-12(11-1-2-13-14(9-11)28-8-7-27-13)10-15(25)21-18(16)23-19(22-17)24-3-5-26-6-4-24/h1-2,9,12H,3-8,10H2,(H3,20,21,22,23,25). The van der Waals surface area contributed by atoms with Gasteiger partial charge in [-0.2, -0.15) is 9.97 Å². The van der Waals surface area contributed by atoms with Crippen LogP contribution in [0, 0.1) is 0 Å². The molecule has 0 bridgehead atoms. The zero-order chi connectivity index (χ0) is 19.1. The maximum Gasteiger partial charge on any atom is 0.229 e. The van der Waals surface area contributed by atoms with Crippen molar-refractivity contribution in [1.29, 1.82) is 0 Å². The number of amides is 1. The molecule has 1 fully saturated rings. The van der Waals surface area contributed by atoms with E-state index in [2.05, 4.69) is 15.3 Å². The van der Waals surface area contributed by atoms with Crippen molar-refractivity contribution >= 4 is 23.5 Å². The molecule has 3 aliphatic rings. The van der Waals surface area contributed by atoms with Gasteiger partial charge in [0.1, 0.15) is 24.8 Å². The highest BCUT2D eigenvalue weighted by Gasteiger charge is 2.32. The number of nitrogens with two attached hydrogens (primary N) is 1. The van der Waals surface area contributed by atoms with Gasteiger partial charge in [0.2, 0.25) is 11.9 Å². The fourth-order valence-electron chi connectivity index (χ4n) is 3.85. The number of carbonyl (C=O) groups is 1. The molecule has 0 aliphatic carbocycles. The lowest BCUT2D eigenvalue weighted by atomic mass is 9.86. The Morgan fingerprint density at radius 2 is 1.86 bits per heavy atom. The van der Waals surface area contributed by atoms with Crippen LogP contribution in [0.5, 0.6) is 11.5 Å². The van der Waals surface area contributed by atoms with Gasteiger partial charge in [-0.25, -0.2) is 0 Å². The number of rotatable bonds is 2. The smallest absolute Gasteiger partial charge is 0.229 e. The number of carbonyl (C=O) groups excluding carboxylic acids is 1. The number of nitrogens with zero attached hydrogens (tertiary/aromatic N) is 3. The van der Waals surface area contributed by atoms with Crippen molar-refractivity contribution in [1.82, 2.24) is 9.97 Å². The third-order valence-electron chi connectivity index (χ3n) is 5.22. The molecule has 0 spiro atoms. The van der Waals surface area contributed by atoms with E-state index in [-0.39, 0.29) is 18.2 Å². The summed E-state index contributed by atoms with van der Waals surface area (Å²) in [6.07, 6.45) is 0.275. The Labute approximate surface area is 161 Å². The number of benzene rings is 1. The van der Waals surface area contributed by atoms with Crippen LogP contribution in [0.1, 0.15) is 23.5 Å². The van der Waals surface area contributed by atoms with Gasteiger partial charge >= 0.3 is 0 Å². The maximum atomic E-state index is 12.4. The highest BCUT2D eigenvalue weighted by Crippen LogP contribution is 2.42. The van der Waals surface area contributed by atoms with E-state index in [4.69, 9.17) is 19.9 Å². The molecule has 5 rings (SSSR count). The molecule has 28 heavy (non-hydrogen) atoms. The molecule has 0 radical (unpaired) electrons. The molecule has 3 N–H and O–H groups in total. The first-order valence-electron chi connectivity index (χ1n) is 9.38. The Bertz CT molecular complexity index is 929. The number of nitrogen functional groups attached to an aromatic ring is 1. The average Bonchev–Trinajstić information content (AvgIpc) is 2.73. The van der Waals surface area contributed by atoms with E-state index >= 15 is 0 Å². The monoisotopic (exact) mass is 383 g/mol. The second-order valence-corrected chi connectivity index (χ2v) is 6.98. The zero-order valence-corrected chi connectivity index (χ0v) is 15.3. The lowest BCUT2D eigenvalue weighted by molar-refractivity contribution is -0.116. The lowest BCUT2D eigenvalue weighted by Crippen LogP contribution is -2.38. The van der Waals surface area contributed by atoms with Crippen molar-refractivity contribution in [2.75, 3.05) is 55.5 Å². The fourth-order valence-corrected chi connectivity index (χ4v) is 3.85. The molecule has 4 heterocycles. The Morgan fingerprint density at radius 3 is 2.68 bits per heavy atom. The van der Waals surface area contributed by atoms with Crippen molar-refractivity contribution < 1.29 is 19.0 Å². The molecule has 3 aliphatic heterocycles. The average molecular weight is 383 g/mol. The van der Waals surface area contributed by atoms with Crippen molar-refractivity contribution in [3.8, 4) is 11.5 Å². The minimum Gasteiger partial charge on any atom is -0.486 e. The molecule has 1 aromatic heterocycles. The topological polar surface area (TPSA) is 112 Å². The summed E-state index contributed by atoms with van der Waals surface area (Å²) in [5.74, 6) is 2.43. The second-order valence-electron chi connectivity index (χ2n) is 6.98. The molecule has 1 atom stereocenters. The van der Waals surface area contributed by atoms with E-state index in [9.17, 15) is 4.79 Å². The van der Waals surface area contributed by atoms with Crippen LogP contribution in [0.3, 0.4) is 0 Å². The van der Waals surface area contributed by atoms with Crippen molar-refractivity contribution in [2.45, 2.75) is 12.3 Å². The van der Waals surface area contributed by atoms with E-state index in [0.717, 1.165) is 11.1 Å².